The quantitative estimate of drug-likeness (QED) is 0.608. The molecule has 0 spiro atoms. The average Bonchev–Trinajstić information content (AvgIpc) is 3.37. The van der Waals surface area contributed by atoms with Crippen LogP contribution >= 0.6 is 0 Å². The summed E-state index contributed by atoms with van der Waals surface area (Å²) in [7, 11) is -1.48. The third-order valence-electron chi connectivity index (χ3n) is 5.73. The van der Waals surface area contributed by atoms with Gasteiger partial charge in [0.15, 0.2) is 0 Å². The van der Waals surface area contributed by atoms with Crippen LogP contribution in [0.2, 0.25) is 0 Å². The Morgan fingerprint density at radius 2 is 2.18 bits per heavy atom. The maximum absolute atomic E-state index is 13.0. The molecule has 0 bridgehead atoms. The van der Waals surface area contributed by atoms with Gasteiger partial charge in [-0.05, 0) is 44.6 Å². The monoisotopic (exact) mass is 486 g/mol. The number of allylic oxidation sites excluding steroid dienone is 2. The lowest BCUT2D eigenvalue weighted by atomic mass is 9.99. The number of carbonyl (C=O) groups is 2. The van der Waals surface area contributed by atoms with E-state index in [9.17, 15) is 13.8 Å². The highest BCUT2D eigenvalue weighted by Crippen LogP contribution is 2.42. The fraction of sp³-hybridized carbons (Fsp3) is 0.458. The number of nitrogens with zero attached hydrogens (tertiary/aromatic N) is 2. The molecular formula is C24H30N4O5S. The number of benzene rings is 1. The molecule has 2 heterocycles. The number of ether oxygens (including phenoxy) is 2. The standard InChI is InChI=1S/C24H30N4O5S/c1-5-28-25-14-21(27-28)26-23(30)16-11-19(18-13-24(2,3)33-20(18)12-16)32-17-8-6-15(7-9-17)10-22(29)34(4)31/h6-8,11-12,14,17,21,27H,5,9-10,13H2,1-4H3,(H,26,30). The molecule has 0 saturated carbocycles. The fourth-order valence-corrected chi connectivity index (χ4v) is 4.39. The molecule has 4 rings (SSSR count). The fourth-order valence-electron chi connectivity index (χ4n) is 4.02. The van der Waals surface area contributed by atoms with Crippen LogP contribution in [-0.4, -0.2) is 57.2 Å². The number of hydrogen-bond donors (Lipinski definition) is 2. The van der Waals surface area contributed by atoms with Gasteiger partial charge in [-0.15, -0.1) is 0 Å². The van der Waals surface area contributed by atoms with Crippen molar-refractivity contribution in [3.63, 3.8) is 0 Å². The van der Waals surface area contributed by atoms with Gasteiger partial charge in [0.25, 0.3) is 5.91 Å². The van der Waals surface area contributed by atoms with E-state index in [1.165, 1.54) is 6.26 Å². The molecule has 0 aromatic heterocycles. The van der Waals surface area contributed by atoms with E-state index in [0.29, 0.717) is 36.4 Å². The van der Waals surface area contributed by atoms with E-state index in [1.807, 2.05) is 39.0 Å². The van der Waals surface area contributed by atoms with Crippen LogP contribution in [0.4, 0.5) is 0 Å². The Kier molecular flexibility index (Phi) is 6.90. The van der Waals surface area contributed by atoms with Crippen molar-refractivity contribution in [1.82, 2.24) is 15.9 Å². The minimum atomic E-state index is -1.48. The second-order valence-corrected chi connectivity index (χ2v) is 10.4. The largest absolute Gasteiger partial charge is 0.487 e. The molecule has 1 aromatic carbocycles. The molecular weight excluding hydrogens is 456 g/mol. The van der Waals surface area contributed by atoms with Gasteiger partial charge in [0.05, 0.1) is 23.6 Å². The van der Waals surface area contributed by atoms with Gasteiger partial charge in [-0.25, -0.2) is 5.12 Å². The molecule has 0 saturated heterocycles. The normalized spacial score (nSPS) is 23.2. The Labute approximate surface area is 201 Å². The smallest absolute Gasteiger partial charge is 0.253 e. The van der Waals surface area contributed by atoms with Crippen LogP contribution in [0.1, 0.15) is 49.5 Å². The Morgan fingerprint density at radius 3 is 2.82 bits per heavy atom. The molecule has 182 valence electrons. The summed E-state index contributed by atoms with van der Waals surface area (Å²) < 4.78 is 23.7. The number of nitrogens with one attached hydrogen (secondary N) is 2. The van der Waals surface area contributed by atoms with Crippen molar-refractivity contribution in [3.05, 3.63) is 47.1 Å². The average molecular weight is 487 g/mol. The van der Waals surface area contributed by atoms with Crippen molar-refractivity contribution in [3.8, 4) is 11.5 Å². The molecule has 1 aliphatic carbocycles. The molecule has 2 aliphatic heterocycles. The van der Waals surface area contributed by atoms with Crippen LogP contribution in [0.3, 0.4) is 0 Å². The second kappa shape index (κ2) is 9.71. The van der Waals surface area contributed by atoms with E-state index in [2.05, 4.69) is 15.8 Å². The first-order chi connectivity index (χ1) is 16.1. The van der Waals surface area contributed by atoms with Crippen LogP contribution in [0.5, 0.6) is 11.5 Å². The van der Waals surface area contributed by atoms with E-state index in [-0.39, 0.29) is 23.5 Å². The first-order valence-electron chi connectivity index (χ1n) is 11.3. The topological polar surface area (TPSA) is 109 Å². The minimum absolute atomic E-state index is 0.146. The van der Waals surface area contributed by atoms with Crippen molar-refractivity contribution in [2.24, 2.45) is 5.10 Å². The molecule has 0 radical (unpaired) electrons. The van der Waals surface area contributed by atoms with Gasteiger partial charge in [0.1, 0.15) is 29.4 Å². The SMILES string of the molecule is CCN1N=CC(NC(=O)c2cc(OC3C=CC(CC(=O)S(C)=O)=CC3)c3c(c2)OC(C)(C)C3)N1. The summed E-state index contributed by atoms with van der Waals surface area (Å²) in [5, 5.41) is 8.43. The highest BCUT2D eigenvalue weighted by molar-refractivity contribution is 7.99. The van der Waals surface area contributed by atoms with Crippen molar-refractivity contribution in [1.29, 1.82) is 0 Å². The summed E-state index contributed by atoms with van der Waals surface area (Å²) in [5.41, 5.74) is 4.86. The van der Waals surface area contributed by atoms with E-state index < -0.39 is 22.6 Å². The van der Waals surface area contributed by atoms with Crippen LogP contribution in [-0.2, 0) is 22.0 Å². The second-order valence-electron chi connectivity index (χ2n) is 9.08. The zero-order chi connectivity index (χ0) is 24.5. The lowest BCUT2D eigenvalue weighted by Gasteiger charge is -2.21. The number of hydrazine groups is 1. The Morgan fingerprint density at radius 1 is 1.38 bits per heavy atom. The Balaban J connectivity index is 1.49. The van der Waals surface area contributed by atoms with Crippen LogP contribution in [0.25, 0.3) is 0 Å². The third-order valence-corrected chi connectivity index (χ3v) is 6.52. The number of fused-ring (bicyclic) bond motifs is 1. The first-order valence-corrected chi connectivity index (χ1v) is 12.8. The van der Waals surface area contributed by atoms with E-state index >= 15 is 0 Å². The molecule has 2 N–H and O–H groups in total. The van der Waals surface area contributed by atoms with E-state index in [4.69, 9.17) is 9.47 Å². The summed E-state index contributed by atoms with van der Waals surface area (Å²) in [5.74, 6) is 0.979. The van der Waals surface area contributed by atoms with Gasteiger partial charge >= 0.3 is 0 Å². The Hall–Kier alpha value is -2.98. The number of hydrogen-bond acceptors (Lipinski definition) is 8. The van der Waals surface area contributed by atoms with Gasteiger partial charge in [-0.2, -0.15) is 10.5 Å². The number of hydrazone groups is 1. The van der Waals surface area contributed by atoms with Crippen LogP contribution < -0.4 is 20.2 Å². The van der Waals surface area contributed by atoms with Crippen molar-refractivity contribution in [2.45, 2.75) is 57.9 Å². The van der Waals surface area contributed by atoms with Crippen molar-refractivity contribution >= 4 is 28.0 Å². The van der Waals surface area contributed by atoms with E-state index in [0.717, 1.165) is 11.1 Å². The molecule has 34 heavy (non-hydrogen) atoms. The number of rotatable bonds is 7. The molecule has 9 nitrogen and oxygen atoms in total. The van der Waals surface area contributed by atoms with Crippen molar-refractivity contribution in [2.75, 3.05) is 12.8 Å². The van der Waals surface area contributed by atoms with Crippen molar-refractivity contribution < 1.29 is 23.3 Å². The number of amides is 1. The van der Waals surface area contributed by atoms with Gasteiger partial charge in [0.2, 0.25) is 5.12 Å². The minimum Gasteiger partial charge on any atom is -0.487 e. The van der Waals surface area contributed by atoms with Gasteiger partial charge < -0.3 is 14.8 Å². The van der Waals surface area contributed by atoms with Gasteiger partial charge in [-0.3, -0.25) is 13.8 Å². The van der Waals surface area contributed by atoms with E-state index in [1.54, 1.807) is 23.5 Å². The molecule has 1 amide bonds. The number of carbonyl (C=O) groups excluding carboxylic acids is 2. The summed E-state index contributed by atoms with van der Waals surface area (Å²) >= 11 is 0. The third kappa shape index (κ3) is 5.56. The van der Waals surface area contributed by atoms with Gasteiger partial charge in [-0.1, -0.05) is 12.2 Å². The van der Waals surface area contributed by atoms with Crippen LogP contribution in [0.15, 0.2) is 41.0 Å². The molecule has 10 heteroatoms. The summed E-state index contributed by atoms with van der Waals surface area (Å²) in [6.45, 7) is 6.63. The Bertz CT molecular complexity index is 1110. The summed E-state index contributed by atoms with van der Waals surface area (Å²) in [4.78, 5) is 24.7. The van der Waals surface area contributed by atoms with Crippen LogP contribution in [0, 0.1) is 0 Å². The predicted molar refractivity (Wildman–Crippen MR) is 130 cm³/mol. The molecule has 0 fully saturated rings. The molecule has 1 aromatic rings. The zero-order valence-corrected chi connectivity index (χ0v) is 20.6. The summed E-state index contributed by atoms with van der Waals surface area (Å²) in [6, 6.07) is 3.50. The lowest BCUT2D eigenvalue weighted by molar-refractivity contribution is -0.110. The molecule has 3 aliphatic rings. The maximum atomic E-state index is 13.0. The summed E-state index contributed by atoms with van der Waals surface area (Å²) in [6.07, 6.45) is 9.42. The lowest BCUT2D eigenvalue weighted by Crippen LogP contribution is -2.47. The highest BCUT2D eigenvalue weighted by atomic mass is 32.2. The zero-order valence-electron chi connectivity index (χ0n) is 19.8. The first kappa shape index (κ1) is 24.2. The highest BCUT2D eigenvalue weighted by Gasteiger charge is 2.34. The maximum Gasteiger partial charge on any atom is 0.253 e. The predicted octanol–water partition coefficient (Wildman–Crippen LogP) is 2.21. The molecule has 3 atom stereocenters. The molecule has 3 unspecified atom stereocenters. The van der Waals surface area contributed by atoms with Gasteiger partial charge in [0, 0.05) is 36.6 Å².